The Bertz CT molecular complexity index is 833. The van der Waals surface area contributed by atoms with E-state index in [9.17, 15) is 22.8 Å². The second-order valence-corrected chi connectivity index (χ2v) is 6.94. The van der Waals surface area contributed by atoms with Crippen molar-refractivity contribution in [3.63, 3.8) is 0 Å². The monoisotopic (exact) mass is 384 g/mol. The molecule has 10 heteroatoms. The van der Waals surface area contributed by atoms with Crippen LogP contribution in [0, 0.1) is 0 Å². The second-order valence-electron chi connectivity index (χ2n) is 5.86. The van der Waals surface area contributed by atoms with Crippen LogP contribution in [0.15, 0.2) is 24.3 Å². The van der Waals surface area contributed by atoms with Gasteiger partial charge in [-0.3, -0.25) is 14.9 Å². The van der Waals surface area contributed by atoms with E-state index < -0.39 is 23.6 Å². The molecule has 0 saturated heterocycles. The number of hydrogen-bond donors (Lipinski definition) is 2. The lowest BCUT2D eigenvalue weighted by Crippen LogP contribution is -2.29. The van der Waals surface area contributed by atoms with E-state index in [-0.39, 0.29) is 5.69 Å². The van der Waals surface area contributed by atoms with Crippen LogP contribution < -0.4 is 10.6 Å². The molecule has 1 aromatic carbocycles. The zero-order valence-electron chi connectivity index (χ0n) is 13.7. The number of likely N-dealkylation sites (N-methyl/N-ethyl adjacent to an activating group) is 1. The number of amides is 2. The van der Waals surface area contributed by atoms with Crippen molar-refractivity contribution in [1.29, 1.82) is 0 Å². The first-order valence-electron chi connectivity index (χ1n) is 7.69. The SMILES string of the molecule is CN1CCc2nc(NC(=O)C(=O)Nc3ccc(C(F)(F)F)cc3)sc2C1. The van der Waals surface area contributed by atoms with Crippen LogP contribution in [-0.2, 0) is 28.7 Å². The molecule has 26 heavy (non-hydrogen) atoms. The summed E-state index contributed by atoms with van der Waals surface area (Å²) in [5.74, 6) is -1.90. The molecule has 2 heterocycles. The molecule has 3 rings (SSSR count). The van der Waals surface area contributed by atoms with Crippen LogP contribution in [0.25, 0.3) is 0 Å². The third-order valence-electron chi connectivity index (χ3n) is 3.82. The summed E-state index contributed by atoms with van der Waals surface area (Å²) in [7, 11) is 1.98. The van der Waals surface area contributed by atoms with Gasteiger partial charge >= 0.3 is 18.0 Å². The van der Waals surface area contributed by atoms with Gasteiger partial charge in [0.1, 0.15) is 0 Å². The van der Waals surface area contributed by atoms with E-state index in [1.165, 1.54) is 11.3 Å². The number of fused-ring (bicyclic) bond motifs is 1. The molecule has 1 aromatic heterocycles. The lowest BCUT2D eigenvalue weighted by Gasteiger charge is -2.20. The first-order valence-corrected chi connectivity index (χ1v) is 8.51. The number of alkyl halides is 3. The van der Waals surface area contributed by atoms with Crippen LogP contribution in [0.4, 0.5) is 24.0 Å². The van der Waals surface area contributed by atoms with Gasteiger partial charge in [-0.1, -0.05) is 0 Å². The van der Waals surface area contributed by atoms with Gasteiger partial charge in [-0.25, -0.2) is 4.98 Å². The van der Waals surface area contributed by atoms with Crippen LogP contribution in [-0.4, -0.2) is 35.3 Å². The molecule has 138 valence electrons. The Balaban J connectivity index is 1.61. The molecule has 0 radical (unpaired) electrons. The Kier molecular flexibility index (Phi) is 4.97. The summed E-state index contributed by atoms with van der Waals surface area (Å²) in [5, 5.41) is 5.02. The number of nitrogens with zero attached hydrogens (tertiary/aromatic N) is 2. The standard InChI is InChI=1S/C16H15F3N4O2S/c1-23-7-6-11-12(8-23)26-15(21-11)22-14(25)13(24)20-10-4-2-9(3-5-10)16(17,18)19/h2-5H,6-8H2,1H3,(H,20,24)(H,21,22,25). The minimum absolute atomic E-state index is 0.0956. The molecule has 2 N–H and O–H groups in total. The molecule has 0 fully saturated rings. The number of anilines is 2. The zero-order valence-corrected chi connectivity index (χ0v) is 14.5. The summed E-state index contributed by atoms with van der Waals surface area (Å²) in [6, 6.07) is 3.84. The molecule has 0 atom stereocenters. The molecule has 0 unspecified atom stereocenters. The van der Waals surface area contributed by atoms with Crippen molar-refractivity contribution in [1.82, 2.24) is 9.88 Å². The maximum atomic E-state index is 12.5. The fraction of sp³-hybridized carbons (Fsp3) is 0.312. The molecular weight excluding hydrogens is 369 g/mol. The number of nitrogens with one attached hydrogen (secondary N) is 2. The largest absolute Gasteiger partial charge is 0.416 e. The van der Waals surface area contributed by atoms with Crippen molar-refractivity contribution in [2.45, 2.75) is 19.1 Å². The zero-order chi connectivity index (χ0) is 18.9. The van der Waals surface area contributed by atoms with Gasteiger partial charge in [0.25, 0.3) is 0 Å². The maximum Gasteiger partial charge on any atom is 0.416 e. The van der Waals surface area contributed by atoms with Gasteiger partial charge in [0, 0.05) is 30.1 Å². The van der Waals surface area contributed by atoms with E-state index in [2.05, 4.69) is 20.5 Å². The van der Waals surface area contributed by atoms with E-state index in [0.29, 0.717) is 5.13 Å². The topological polar surface area (TPSA) is 74.3 Å². The van der Waals surface area contributed by atoms with Crippen LogP contribution in [0.1, 0.15) is 16.1 Å². The lowest BCUT2D eigenvalue weighted by atomic mass is 10.2. The molecule has 1 aliphatic heterocycles. The highest BCUT2D eigenvalue weighted by Gasteiger charge is 2.30. The van der Waals surface area contributed by atoms with Gasteiger partial charge in [-0.15, -0.1) is 11.3 Å². The van der Waals surface area contributed by atoms with Gasteiger partial charge in [-0.05, 0) is 31.3 Å². The number of halogens is 3. The van der Waals surface area contributed by atoms with Gasteiger partial charge in [0.2, 0.25) is 0 Å². The highest BCUT2D eigenvalue weighted by atomic mass is 32.1. The van der Waals surface area contributed by atoms with Crippen LogP contribution >= 0.6 is 11.3 Å². The lowest BCUT2D eigenvalue weighted by molar-refractivity contribution is -0.137. The molecule has 0 bridgehead atoms. The highest BCUT2D eigenvalue weighted by molar-refractivity contribution is 7.16. The average Bonchev–Trinajstić information content (AvgIpc) is 2.95. The fourth-order valence-electron chi connectivity index (χ4n) is 2.46. The summed E-state index contributed by atoms with van der Waals surface area (Å²) >= 11 is 1.31. The summed E-state index contributed by atoms with van der Waals surface area (Å²) in [6.45, 7) is 1.61. The number of aromatic nitrogens is 1. The van der Waals surface area contributed by atoms with Crippen molar-refractivity contribution in [2.75, 3.05) is 24.2 Å². The van der Waals surface area contributed by atoms with E-state index in [4.69, 9.17) is 0 Å². The molecule has 6 nitrogen and oxygen atoms in total. The average molecular weight is 384 g/mol. The maximum absolute atomic E-state index is 12.5. The highest BCUT2D eigenvalue weighted by Crippen LogP contribution is 2.30. The van der Waals surface area contributed by atoms with Crippen molar-refractivity contribution < 1.29 is 22.8 Å². The predicted molar refractivity (Wildman–Crippen MR) is 90.9 cm³/mol. The normalized spacial score (nSPS) is 14.6. The number of carbonyl (C=O) groups is 2. The van der Waals surface area contributed by atoms with Gasteiger partial charge in [-0.2, -0.15) is 13.2 Å². The Hall–Kier alpha value is -2.46. The smallest absolute Gasteiger partial charge is 0.318 e. The summed E-state index contributed by atoms with van der Waals surface area (Å²) in [6.07, 6.45) is -3.69. The Morgan fingerprint density at radius 1 is 1.15 bits per heavy atom. The predicted octanol–water partition coefficient (Wildman–Crippen LogP) is 2.73. The van der Waals surface area contributed by atoms with Crippen molar-refractivity contribution in [3.8, 4) is 0 Å². The number of benzene rings is 1. The van der Waals surface area contributed by atoms with E-state index in [0.717, 1.165) is 54.3 Å². The Morgan fingerprint density at radius 2 is 1.81 bits per heavy atom. The van der Waals surface area contributed by atoms with Crippen LogP contribution in [0.3, 0.4) is 0 Å². The molecular formula is C16H15F3N4O2S. The fourth-order valence-corrected chi connectivity index (χ4v) is 3.54. The van der Waals surface area contributed by atoms with E-state index in [1.807, 2.05) is 7.05 Å². The van der Waals surface area contributed by atoms with Crippen molar-refractivity contribution >= 4 is 34.0 Å². The summed E-state index contributed by atoms with van der Waals surface area (Å²) in [5.41, 5.74) is 0.169. The van der Waals surface area contributed by atoms with Crippen LogP contribution in [0.2, 0.25) is 0 Å². The molecule has 0 spiro atoms. The molecule has 0 aliphatic carbocycles. The molecule has 2 amide bonds. The number of thiazole rings is 1. The van der Waals surface area contributed by atoms with Crippen LogP contribution in [0.5, 0.6) is 0 Å². The van der Waals surface area contributed by atoms with Gasteiger partial charge < -0.3 is 10.2 Å². The minimum Gasteiger partial charge on any atom is -0.318 e. The molecule has 1 aliphatic rings. The third kappa shape index (κ3) is 4.20. The second kappa shape index (κ2) is 7.04. The first kappa shape index (κ1) is 18.3. The first-order chi connectivity index (χ1) is 12.2. The number of carbonyl (C=O) groups excluding carboxylic acids is 2. The van der Waals surface area contributed by atoms with E-state index >= 15 is 0 Å². The van der Waals surface area contributed by atoms with Gasteiger partial charge in [0.05, 0.1) is 11.3 Å². The van der Waals surface area contributed by atoms with Crippen molar-refractivity contribution in [2.24, 2.45) is 0 Å². The van der Waals surface area contributed by atoms with Crippen molar-refractivity contribution in [3.05, 3.63) is 40.4 Å². The minimum atomic E-state index is -4.46. The Labute approximate surface area is 151 Å². The number of hydrogen-bond acceptors (Lipinski definition) is 5. The quantitative estimate of drug-likeness (QED) is 0.781. The van der Waals surface area contributed by atoms with Gasteiger partial charge in [0.15, 0.2) is 5.13 Å². The number of rotatable bonds is 2. The molecule has 2 aromatic rings. The summed E-state index contributed by atoms with van der Waals surface area (Å²) in [4.78, 5) is 31.4. The summed E-state index contributed by atoms with van der Waals surface area (Å²) < 4.78 is 37.5. The van der Waals surface area contributed by atoms with E-state index in [1.54, 1.807) is 0 Å². The Morgan fingerprint density at radius 3 is 2.46 bits per heavy atom. The molecule has 0 saturated carbocycles. The third-order valence-corrected chi connectivity index (χ3v) is 4.82.